The van der Waals surface area contributed by atoms with E-state index in [1.54, 1.807) is 36.2 Å². The van der Waals surface area contributed by atoms with Gasteiger partial charge in [-0.1, -0.05) is 28.9 Å². The molecule has 0 fully saturated rings. The molecular formula is C16H19ClN2O3. The van der Waals surface area contributed by atoms with Crippen LogP contribution in [0.15, 0.2) is 28.8 Å². The van der Waals surface area contributed by atoms with Gasteiger partial charge in [0, 0.05) is 17.6 Å². The topological polar surface area (TPSA) is 66.6 Å². The summed E-state index contributed by atoms with van der Waals surface area (Å²) in [6.45, 7) is 4.07. The maximum Gasteiger partial charge on any atom is 0.225 e. The maximum atomic E-state index is 12.2. The van der Waals surface area contributed by atoms with Crippen LogP contribution in [-0.4, -0.2) is 28.1 Å². The summed E-state index contributed by atoms with van der Waals surface area (Å²) in [5.74, 6) is 0.554. The molecule has 1 atom stereocenters. The molecule has 1 N–H and O–H groups in total. The van der Waals surface area contributed by atoms with Gasteiger partial charge in [-0.25, -0.2) is 0 Å². The Balaban J connectivity index is 1.97. The summed E-state index contributed by atoms with van der Waals surface area (Å²) >= 11 is 5.81. The molecule has 118 valence electrons. The van der Waals surface area contributed by atoms with Crippen LogP contribution in [0.2, 0.25) is 5.02 Å². The highest BCUT2D eigenvalue weighted by molar-refractivity contribution is 6.30. The van der Waals surface area contributed by atoms with Gasteiger partial charge in [0.2, 0.25) is 5.91 Å². The zero-order valence-corrected chi connectivity index (χ0v) is 13.6. The van der Waals surface area contributed by atoms with Gasteiger partial charge in [0.25, 0.3) is 0 Å². The van der Waals surface area contributed by atoms with Gasteiger partial charge in [0.15, 0.2) is 0 Å². The summed E-state index contributed by atoms with van der Waals surface area (Å²) in [5.41, 5.74) is 2.34. The molecule has 1 aromatic heterocycles. The highest BCUT2D eigenvalue weighted by atomic mass is 35.5. The van der Waals surface area contributed by atoms with Crippen LogP contribution in [0.4, 0.5) is 0 Å². The van der Waals surface area contributed by atoms with E-state index in [2.05, 4.69) is 5.16 Å². The highest BCUT2D eigenvalue weighted by Gasteiger charge is 2.19. The monoisotopic (exact) mass is 322 g/mol. The third kappa shape index (κ3) is 3.87. The summed E-state index contributed by atoms with van der Waals surface area (Å²) in [5, 5.41) is 14.6. The van der Waals surface area contributed by atoms with E-state index in [4.69, 9.17) is 16.1 Å². The number of hydrogen-bond acceptors (Lipinski definition) is 4. The maximum absolute atomic E-state index is 12.2. The molecule has 0 spiro atoms. The normalized spacial score (nSPS) is 12.2. The van der Waals surface area contributed by atoms with Crippen LogP contribution in [-0.2, 0) is 11.3 Å². The second-order valence-electron chi connectivity index (χ2n) is 5.32. The highest BCUT2D eigenvalue weighted by Crippen LogP contribution is 2.21. The largest absolute Gasteiger partial charge is 0.388 e. The lowest BCUT2D eigenvalue weighted by atomic mass is 10.1. The molecule has 0 radical (unpaired) electrons. The van der Waals surface area contributed by atoms with E-state index in [0.717, 1.165) is 11.3 Å². The summed E-state index contributed by atoms with van der Waals surface area (Å²) in [4.78, 5) is 13.8. The number of aliphatic hydroxyl groups excluding tert-OH is 1. The third-order valence-electron chi connectivity index (χ3n) is 3.63. The number of hydrogen-bond donors (Lipinski definition) is 1. The third-order valence-corrected chi connectivity index (χ3v) is 3.88. The van der Waals surface area contributed by atoms with Crippen LogP contribution in [0.25, 0.3) is 0 Å². The number of carbonyl (C=O) groups excluding carboxylic acids is 1. The van der Waals surface area contributed by atoms with Crippen LogP contribution in [0.5, 0.6) is 0 Å². The average molecular weight is 323 g/mol. The Hall–Kier alpha value is -1.85. The van der Waals surface area contributed by atoms with Gasteiger partial charge in [0.05, 0.1) is 24.8 Å². The van der Waals surface area contributed by atoms with Crippen molar-refractivity contribution in [2.75, 3.05) is 7.05 Å². The molecule has 2 rings (SSSR count). The van der Waals surface area contributed by atoms with E-state index in [1.165, 1.54) is 0 Å². The van der Waals surface area contributed by atoms with Crippen molar-refractivity contribution in [1.29, 1.82) is 0 Å². The van der Waals surface area contributed by atoms with E-state index >= 15 is 0 Å². The van der Waals surface area contributed by atoms with Crippen LogP contribution in [0, 0.1) is 13.8 Å². The van der Waals surface area contributed by atoms with E-state index in [0.29, 0.717) is 22.9 Å². The Morgan fingerprint density at radius 2 is 2.00 bits per heavy atom. The van der Waals surface area contributed by atoms with Gasteiger partial charge in [0.1, 0.15) is 5.76 Å². The fraction of sp³-hybridized carbons (Fsp3) is 0.375. The molecule has 1 heterocycles. The Morgan fingerprint density at radius 1 is 1.36 bits per heavy atom. The van der Waals surface area contributed by atoms with Crippen molar-refractivity contribution in [3.05, 3.63) is 51.9 Å². The van der Waals surface area contributed by atoms with Crippen molar-refractivity contribution >= 4 is 17.5 Å². The molecule has 0 aliphatic rings. The predicted molar refractivity (Wildman–Crippen MR) is 83.5 cm³/mol. The Bertz CT molecular complexity index is 632. The number of aromatic nitrogens is 1. The number of amides is 1. The number of aryl methyl sites for hydroxylation is 2. The summed E-state index contributed by atoms with van der Waals surface area (Å²) in [6.07, 6.45) is -0.835. The predicted octanol–water partition coefficient (Wildman–Crippen LogP) is 3.03. The van der Waals surface area contributed by atoms with Crippen LogP contribution in [0.3, 0.4) is 0 Å². The zero-order chi connectivity index (χ0) is 16.3. The fourth-order valence-electron chi connectivity index (χ4n) is 2.18. The van der Waals surface area contributed by atoms with Crippen LogP contribution in [0.1, 0.15) is 35.1 Å². The molecule has 0 aliphatic heterocycles. The number of aliphatic hydroxyl groups is 1. The van der Waals surface area contributed by atoms with Crippen molar-refractivity contribution in [3.63, 3.8) is 0 Å². The first-order valence-electron chi connectivity index (χ1n) is 6.97. The van der Waals surface area contributed by atoms with Crippen molar-refractivity contribution in [1.82, 2.24) is 10.1 Å². The van der Waals surface area contributed by atoms with Crippen molar-refractivity contribution in [3.8, 4) is 0 Å². The van der Waals surface area contributed by atoms with Crippen molar-refractivity contribution < 1.29 is 14.4 Å². The minimum atomic E-state index is -0.850. The van der Waals surface area contributed by atoms with Gasteiger partial charge in [-0.05, 0) is 31.5 Å². The molecule has 0 bridgehead atoms. The number of benzene rings is 1. The average Bonchev–Trinajstić information content (AvgIpc) is 2.79. The summed E-state index contributed by atoms with van der Waals surface area (Å²) in [6, 6.07) is 6.82. The lowest BCUT2D eigenvalue weighted by Crippen LogP contribution is -2.28. The van der Waals surface area contributed by atoms with Crippen LogP contribution < -0.4 is 0 Å². The molecule has 5 nitrogen and oxygen atoms in total. The van der Waals surface area contributed by atoms with Gasteiger partial charge < -0.3 is 14.5 Å². The van der Waals surface area contributed by atoms with E-state index in [-0.39, 0.29) is 12.3 Å². The smallest absolute Gasteiger partial charge is 0.225 e. The van der Waals surface area contributed by atoms with Crippen molar-refractivity contribution in [2.24, 2.45) is 0 Å². The fourth-order valence-corrected chi connectivity index (χ4v) is 2.30. The van der Waals surface area contributed by atoms with Gasteiger partial charge in [-0.2, -0.15) is 0 Å². The number of rotatable bonds is 5. The quantitative estimate of drug-likeness (QED) is 0.918. The molecule has 1 aromatic carbocycles. The van der Waals surface area contributed by atoms with Crippen molar-refractivity contribution in [2.45, 2.75) is 32.9 Å². The van der Waals surface area contributed by atoms with E-state index < -0.39 is 6.10 Å². The molecule has 0 saturated carbocycles. The van der Waals surface area contributed by atoms with E-state index in [9.17, 15) is 9.90 Å². The Morgan fingerprint density at radius 3 is 2.55 bits per heavy atom. The van der Waals surface area contributed by atoms with Gasteiger partial charge in [-0.3, -0.25) is 4.79 Å². The van der Waals surface area contributed by atoms with Crippen LogP contribution >= 0.6 is 11.6 Å². The zero-order valence-electron chi connectivity index (χ0n) is 12.8. The van der Waals surface area contributed by atoms with Gasteiger partial charge >= 0.3 is 0 Å². The number of carbonyl (C=O) groups is 1. The number of nitrogens with zero attached hydrogens (tertiary/aromatic N) is 2. The lowest BCUT2D eigenvalue weighted by molar-refractivity contribution is -0.132. The lowest BCUT2D eigenvalue weighted by Gasteiger charge is -2.19. The summed E-state index contributed by atoms with van der Waals surface area (Å²) in [7, 11) is 1.70. The Labute approximate surface area is 134 Å². The summed E-state index contributed by atoms with van der Waals surface area (Å²) < 4.78 is 5.09. The molecular weight excluding hydrogens is 304 g/mol. The molecule has 1 unspecified atom stereocenters. The first kappa shape index (κ1) is 16.5. The molecule has 6 heteroatoms. The molecule has 22 heavy (non-hydrogen) atoms. The standard InChI is InChI=1S/C16H19ClN2O3/c1-10-14(11(2)22-18-10)9-19(3)16(21)8-15(20)12-4-6-13(17)7-5-12/h4-7,15,20H,8-9H2,1-3H3. The second kappa shape index (κ2) is 6.94. The second-order valence-corrected chi connectivity index (χ2v) is 5.76. The Kier molecular flexibility index (Phi) is 5.21. The SMILES string of the molecule is Cc1noc(C)c1CN(C)C(=O)CC(O)c1ccc(Cl)cc1. The minimum absolute atomic E-state index is 0.0154. The number of halogens is 1. The van der Waals surface area contributed by atoms with E-state index in [1.807, 2.05) is 13.8 Å². The van der Waals surface area contributed by atoms with Gasteiger partial charge in [-0.15, -0.1) is 0 Å². The molecule has 2 aromatic rings. The molecule has 0 aliphatic carbocycles. The minimum Gasteiger partial charge on any atom is -0.388 e. The first-order chi connectivity index (χ1) is 10.4. The first-order valence-corrected chi connectivity index (χ1v) is 7.35. The molecule has 0 saturated heterocycles. The molecule has 1 amide bonds.